The number of nitrogens with zero attached hydrogens (tertiary/aromatic N) is 3. The highest BCUT2D eigenvalue weighted by atomic mass is 127. The molecule has 3 rings (SSSR count). The first-order valence-corrected chi connectivity index (χ1v) is 8.03. The molecule has 6 heteroatoms. The van der Waals surface area contributed by atoms with Crippen molar-refractivity contribution in [3.05, 3.63) is 21.5 Å². The summed E-state index contributed by atoms with van der Waals surface area (Å²) < 4.78 is 16.3. The molecule has 0 bridgehead atoms. The highest BCUT2D eigenvalue weighted by Gasteiger charge is 2.25. The molecule has 4 nitrogen and oxygen atoms in total. The molecule has 1 aromatic heterocycles. The minimum Gasteiger partial charge on any atom is -0.369 e. The van der Waals surface area contributed by atoms with Crippen LogP contribution in [0.2, 0.25) is 0 Å². The molecule has 0 saturated carbocycles. The molecular weight excluding hydrogens is 370 g/mol. The van der Waals surface area contributed by atoms with Crippen LogP contribution in [-0.4, -0.2) is 33.6 Å². The number of aromatic nitrogens is 2. The fourth-order valence-corrected chi connectivity index (χ4v) is 3.51. The minimum atomic E-state index is -0.210. The molecule has 108 valence electrons. The summed E-state index contributed by atoms with van der Waals surface area (Å²) in [5.41, 5.74) is 7.59. The fourth-order valence-electron chi connectivity index (χ4n) is 3.06. The van der Waals surface area contributed by atoms with E-state index in [1.807, 2.05) is 27.2 Å². The zero-order valence-corrected chi connectivity index (χ0v) is 13.6. The Bertz CT molecular complexity index is 640. The highest BCUT2D eigenvalue weighted by Crippen LogP contribution is 2.26. The van der Waals surface area contributed by atoms with Gasteiger partial charge in [-0.15, -0.1) is 0 Å². The standard InChI is InChI=1S/C14H18FIN4/c1-2-19-5-3-4-9(19)8-20-13-6-10(15)11(16)7-12(13)18-14(20)17/h6-7,9H,2-5,8H2,1H3,(H2,17,18). The van der Waals surface area contributed by atoms with Crippen molar-refractivity contribution >= 4 is 39.6 Å². The van der Waals surface area contributed by atoms with Gasteiger partial charge in [-0.25, -0.2) is 9.37 Å². The first kappa shape index (κ1) is 14.1. The van der Waals surface area contributed by atoms with Gasteiger partial charge in [0.05, 0.1) is 14.6 Å². The number of likely N-dealkylation sites (N-methyl/N-ethyl adjacent to an activating group) is 1. The SMILES string of the molecule is CCN1CCCC1Cn1c(N)nc2cc(I)c(F)cc21. The second-order valence-corrected chi connectivity index (χ2v) is 6.42. The van der Waals surface area contributed by atoms with E-state index in [2.05, 4.69) is 16.8 Å². The number of rotatable bonds is 3. The van der Waals surface area contributed by atoms with Crippen molar-refractivity contribution < 1.29 is 4.39 Å². The summed E-state index contributed by atoms with van der Waals surface area (Å²) in [4.78, 5) is 6.81. The molecule has 2 aromatic rings. The Labute approximate surface area is 131 Å². The number of anilines is 1. The summed E-state index contributed by atoms with van der Waals surface area (Å²) in [6, 6.07) is 3.78. The van der Waals surface area contributed by atoms with Crippen LogP contribution in [0.25, 0.3) is 11.0 Å². The maximum Gasteiger partial charge on any atom is 0.201 e. The zero-order chi connectivity index (χ0) is 14.3. The second kappa shape index (κ2) is 5.48. The molecule has 2 heterocycles. The van der Waals surface area contributed by atoms with Gasteiger partial charge in [0.15, 0.2) is 0 Å². The van der Waals surface area contributed by atoms with E-state index < -0.39 is 0 Å². The van der Waals surface area contributed by atoms with Crippen LogP contribution in [0, 0.1) is 9.39 Å². The summed E-state index contributed by atoms with van der Waals surface area (Å²) in [7, 11) is 0. The molecule has 0 spiro atoms. The van der Waals surface area contributed by atoms with E-state index >= 15 is 0 Å². The zero-order valence-electron chi connectivity index (χ0n) is 11.4. The minimum absolute atomic E-state index is 0.210. The van der Waals surface area contributed by atoms with Gasteiger partial charge in [0.2, 0.25) is 5.95 Å². The van der Waals surface area contributed by atoms with E-state index in [-0.39, 0.29) is 5.82 Å². The third-order valence-electron chi connectivity index (χ3n) is 4.12. The fraction of sp³-hybridized carbons (Fsp3) is 0.500. The average molecular weight is 388 g/mol. The van der Waals surface area contributed by atoms with Crippen molar-refractivity contribution in [3.63, 3.8) is 0 Å². The highest BCUT2D eigenvalue weighted by molar-refractivity contribution is 14.1. The molecule has 1 saturated heterocycles. The van der Waals surface area contributed by atoms with Crippen LogP contribution in [0.4, 0.5) is 10.3 Å². The van der Waals surface area contributed by atoms with Gasteiger partial charge in [0.25, 0.3) is 0 Å². The van der Waals surface area contributed by atoms with Gasteiger partial charge in [0.1, 0.15) is 5.82 Å². The van der Waals surface area contributed by atoms with Gasteiger partial charge >= 0.3 is 0 Å². The van der Waals surface area contributed by atoms with Gasteiger partial charge in [-0.05, 0) is 54.6 Å². The number of likely N-dealkylation sites (tertiary alicyclic amines) is 1. The molecule has 0 radical (unpaired) electrons. The Morgan fingerprint density at radius 1 is 1.50 bits per heavy atom. The molecule has 2 N–H and O–H groups in total. The van der Waals surface area contributed by atoms with Crippen LogP contribution < -0.4 is 5.73 Å². The Balaban J connectivity index is 1.98. The number of imidazole rings is 1. The molecule has 1 atom stereocenters. The molecule has 1 aromatic carbocycles. The lowest BCUT2D eigenvalue weighted by Gasteiger charge is -2.23. The molecule has 1 aliphatic heterocycles. The van der Waals surface area contributed by atoms with Crippen molar-refractivity contribution in [2.45, 2.75) is 32.4 Å². The molecule has 1 aliphatic rings. The van der Waals surface area contributed by atoms with Crippen LogP contribution in [0.15, 0.2) is 12.1 Å². The van der Waals surface area contributed by atoms with Crippen LogP contribution in [0.1, 0.15) is 19.8 Å². The number of nitrogens with two attached hydrogens (primary N) is 1. The Hall–Kier alpha value is -0.890. The second-order valence-electron chi connectivity index (χ2n) is 5.26. The number of fused-ring (bicyclic) bond motifs is 1. The van der Waals surface area contributed by atoms with Crippen molar-refractivity contribution in [2.24, 2.45) is 0 Å². The van der Waals surface area contributed by atoms with Crippen molar-refractivity contribution in [1.29, 1.82) is 0 Å². The smallest absolute Gasteiger partial charge is 0.201 e. The summed E-state index contributed by atoms with van der Waals surface area (Å²) in [5.74, 6) is 0.266. The lowest BCUT2D eigenvalue weighted by Crippen LogP contribution is -2.33. The summed E-state index contributed by atoms with van der Waals surface area (Å²) in [5, 5.41) is 0. The Morgan fingerprint density at radius 3 is 3.05 bits per heavy atom. The van der Waals surface area contributed by atoms with E-state index in [1.54, 1.807) is 12.1 Å². The van der Waals surface area contributed by atoms with Crippen molar-refractivity contribution in [2.75, 3.05) is 18.8 Å². The quantitative estimate of drug-likeness (QED) is 0.823. The first-order chi connectivity index (χ1) is 9.60. The lowest BCUT2D eigenvalue weighted by atomic mass is 10.2. The largest absolute Gasteiger partial charge is 0.369 e. The predicted molar refractivity (Wildman–Crippen MR) is 87.1 cm³/mol. The molecule has 1 unspecified atom stereocenters. The number of nitrogen functional groups attached to an aromatic ring is 1. The third kappa shape index (κ3) is 2.39. The Morgan fingerprint density at radius 2 is 2.30 bits per heavy atom. The number of hydrogen-bond donors (Lipinski definition) is 1. The molecule has 0 amide bonds. The normalized spacial score (nSPS) is 20.1. The van der Waals surface area contributed by atoms with E-state index in [4.69, 9.17) is 5.73 Å². The van der Waals surface area contributed by atoms with Crippen LogP contribution in [0.3, 0.4) is 0 Å². The summed E-state index contributed by atoms with van der Waals surface area (Å²) in [6.45, 7) is 5.15. The van der Waals surface area contributed by atoms with Gasteiger partial charge < -0.3 is 10.3 Å². The third-order valence-corrected chi connectivity index (χ3v) is 4.95. The van der Waals surface area contributed by atoms with Gasteiger partial charge in [-0.1, -0.05) is 6.92 Å². The van der Waals surface area contributed by atoms with E-state index in [0.717, 1.165) is 30.7 Å². The lowest BCUT2D eigenvalue weighted by molar-refractivity contribution is 0.246. The summed E-state index contributed by atoms with van der Waals surface area (Å²) >= 11 is 1.98. The maximum absolute atomic E-state index is 13.8. The molecule has 1 fully saturated rings. The van der Waals surface area contributed by atoms with Crippen molar-refractivity contribution in [3.8, 4) is 0 Å². The molecule has 20 heavy (non-hydrogen) atoms. The van der Waals surface area contributed by atoms with Gasteiger partial charge in [0, 0.05) is 18.7 Å². The van der Waals surface area contributed by atoms with Crippen LogP contribution in [-0.2, 0) is 6.54 Å². The Kier molecular flexibility index (Phi) is 3.85. The molecule has 0 aliphatic carbocycles. The van der Waals surface area contributed by atoms with Crippen molar-refractivity contribution in [1.82, 2.24) is 14.5 Å². The number of benzene rings is 1. The topological polar surface area (TPSA) is 47.1 Å². The van der Waals surface area contributed by atoms with Crippen LogP contribution >= 0.6 is 22.6 Å². The van der Waals surface area contributed by atoms with E-state index in [9.17, 15) is 4.39 Å². The number of hydrogen-bond acceptors (Lipinski definition) is 3. The molecular formula is C14H18FIN4. The first-order valence-electron chi connectivity index (χ1n) is 6.95. The number of halogens is 2. The maximum atomic E-state index is 13.8. The average Bonchev–Trinajstić information content (AvgIpc) is 2.97. The van der Waals surface area contributed by atoms with E-state index in [1.165, 1.54) is 12.8 Å². The predicted octanol–water partition coefficient (Wildman–Crippen LogP) is 2.85. The van der Waals surface area contributed by atoms with Gasteiger partial charge in [-0.2, -0.15) is 0 Å². The van der Waals surface area contributed by atoms with E-state index in [0.29, 0.717) is 15.6 Å². The summed E-state index contributed by atoms with van der Waals surface area (Å²) in [6.07, 6.45) is 2.39. The monoisotopic (exact) mass is 388 g/mol. The van der Waals surface area contributed by atoms with Gasteiger partial charge in [-0.3, -0.25) is 4.90 Å². The van der Waals surface area contributed by atoms with Crippen LogP contribution in [0.5, 0.6) is 0 Å².